The lowest BCUT2D eigenvalue weighted by Crippen LogP contribution is -2.39. The van der Waals surface area contributed by atoms with Gasteiger partial charge in [-0.3, -0.25) is 4.90 Å². The molecule has 1 aromatic rings. The van der Waals surface area contributed by atoms with Crippen molar-refractivity contribution in [3.63, 3.8) is 0 Å². The topological polar surface area (TPSA) is 15.3 Å². The molecule has 3 atom stereocenters. The highest BCUT2D eigenvalue weighted by molar-refractivity contribution is 5.85. The number of halogens is 1. The average Bonchev–Trinajstić information content (AvgIpc) is 2.82. The molecule has 1 aromatic carbocycles. The molecule has 2 aliphatic heterocycles. The van der Waals surface area contributed by atoms with Gasteiger partial charge < -0.3 is 5.32 Å². The van der Waals surface area contributed by atoms with Crippen molar-refractivity contribution in [3.8, 4) is 0 Å². The van der Waals surface area contributed by atoms with Crippen LogP contribution in [0.15, 0.2) is 24.3 Å². The quantitative estimate of drug-likeness (QED) is 0.918. The van der Waals surface area contributed by atoms with Crippen molar-refractivity contribution in [2.75, 3.05) is 26.2 Å². The van der Waals surface area contributed by atoms with E-state index in [1.165, 1.54) is 56.6 Å². The summed E-state index contributed by atoms with van der Waals surface area (Å²) < 4.78 is 0. The Morgan fingerprint density at radius 2 is 2.00 bits per heavy atom. The molecule has 21 heavy (non-hydrogen) atoms. The van der Waals surface area contributed by atoms with E-state index in [-0.39, 0.29) is 12.4 Å². The number of nitrogens with one attached hydrogen (secondary N) is 1. The van der Waals surface area contributed by atoms with Gasteiger partial charge in [-0.1, -0.05) is 29.8 Å². The average molecular weight is 309 g/mol. The molecule has 2 heterocycles. The smallest absolute Gasteiger partial charge is 0.00736 e. The third-order valence-corrected chi connectivity index (χ3v) is 5.14. The highest BCUT2D eigenvalue weighted by atomic mass is 35.5. The summed E-state index contributed by atoms with van der Waals surface area (Å²) in [6.45, 7) is 9.56. The largest absolute Gasteiger partial charge is 0.316 e. The molecule has 118 valence electrons. The molecule has 0 amide bonds. The summed E-state index contributed by atoms with van der Waals surface area (Å²) in [6, 6.07) is 9.92. The number of benzene rings is 1. The van der Waals surface area contributed by atoms with Crippen LogP contribution in [0.25, 0.3) is 0 Å². The van der Waals surface area contributed by atoms with Crippen molar-refractivity contribution >= 4 is 12.4 Å². The van der Waals surface area contributed by atoms with Crippen LogP contribution in [0.4, 0.5) is 0 Å². The Bertz CT molecular complexity index is 425. The molecule has 2 saturated heterocycles. The van der Waals surface area contributed by atoms with Crippen molar-refractivity contribution in [2.24, 2.45) is 5.92 Å². The molecule has 0 spiro atoms. The number of likely N-dealkylation sites (tertiary alicyclic amines) is 1. The molecule has 0 saturated carbocycles. The minimum atomic E-state index is 0. The maximum Gasteiger partial charge on any atom is 0.00736 e. The Balaban J connectivity index is 0.00000161. The van der Waals surface area contributed by atoms with Crippen LogP contribution >= 0.6 is 12.4 Å². The summed E-state index contributed by atoms with van der Waals surface area (Å²) in [5.74, 6) is 1.60. The molecular weight excluding hydrogens is 280 g/mol. The predicted molar refractivity (Wildman–Crippen MR) is 92.4 cm³/mol. The van der Waals surface area contributed by atoms with E-state index in [4.69, 9.17) is 0 Å². The molecule has 1 N–H and O–H groups in total. The molecule has 0 bridgehead atoms. The van der Waals surface area contributed by atoms with Crippen LogP contribution in [0, 0.1) is 12.8 Å². The molecule has 2 aliphatic rings. The molecule has 3 rings (SSSR count). The van der Waals surface area contributed by atoms with Crippen molar-refractivity contribution in [3.05, 3.63) is 35.4 Å². The fraction of sp³-hybridized carbons (Fsp3) is 0.667. The minimum absolute atomic E-state index is 0. The van der Waals surface area contributed by atoms with Gasteiger partial charge in [0.05, 0.1) is 0 Å². The van der Waals surface area contributed by atoms with Crippen LogP contribution in [0.5, 0.6) is 0 Å². The van der Waals surface area contributed by atoms with Crippen LogP contribution in [0.2, 0.25) is 0 Å². The second-order valence-corrected chi connectivity index (χ2v) is 6.86. The number of piperidine rings is 1. The first-order valence-corrected chi connectivity index (χ1v) is 8.23. The molecule has 0 aliphatic carbocycles. The monoisotopic (exact) mass is 308 g/mol. The van der Waals surface area contributed by atoms with E-state index in [1.54, 1.807) is 0 Å². The zero-order valence-corrected chi connectivity index (χ0v) is 14.2. The van der Waals surface area contributed by atoms with Crippen LogP contribution < -0.4 is 5.32 Å². The second kappa shape index (κ2) is 7.62. The van der Waals surface area contributed by atoms with E-state index in [0.717, 1.165) is 17.9 Å². The normalized spacial score (nSPS) is 30.1. The van der Waals surface area contributed by atoms with Gasteiger partial charge in [0.1, 0.15) is 0 Å². The van der Waals surface area contributed by atoms with Gasteiger partial charge in [-0.2, -0.15) is 0 Å². The van der Waals surface area contributed by atoms with E-state index < -0.39 is 0 Å². The first-order valence-electron chi connectivity index (χ1n) is 8.23. The van der Waals surface area contributed by atoms with E-state index in [2.05, 4.69) is 48.3 Å². The highest BCUT2D eigenvalue weighted by Crippen LogP contribution is 2.32. The number of hydrogen-bond donors (Lipinski definition) is 1. The highest BCUT2D eigenvalue weighted by Gasteiger charge is 2.31. The minimum Gasteiger partial charge on any atom is -0.316 e. The van der Waals surface area contributed by atoms with Crippen LogP contribution in [-0.4, -0.2) is 37.1 Å². The summed E-state index contributed by atoms with van der Waals surface area (Å²) in [5.41, 5.74) is 2.90. The maximum absolute atomic E-state index is 3.55. The lowest BCUT2D eigenvalue weighted by atomic mass is 9.96. The van der Waals surface area contributed by atoms with Crippen molar-refractivity contribution < 1.29 is 0 Å². The van der Waals surface area contributed by atoms with Crippen LogP contribution in [0.1, 0.15) is 43.2 Å². The zero-order chi connectivity index (χ0) is 13.9. The Hall–Kier alpha value is -0.570. The van der Waals surface area contributed by atoms with Crippen molar-refractivity contribution in [2.45, 2.75) is 45.1 Å². The fourth-order valence-electron chi connectivity index (χ4n) is 3.84. The Morgan fingerprint density at radius 1 is 1.24 bits per heavy atom. The van der Waals surface area contributed by atoms with Crippen molar-refractivity contribution in [1.82, 2.24) is 10.2 Å². The van der Waals surface area contributed by atoms with E-state index in [0.29, 0.717) is 0 Å². The van der Waals surface area contributed by atoms with Gasteiger partial charge in [0.15, 0.2) is 0 Å². The van der Waals surface area contributed by atoms with Gasteiger partial charge in [0.2, 0.25) is 0 Å². The summed E-state index contributed by atoms with van der Waals surface area (Å²) in [5, 5.41) is 3.55. The van der Waals surface area contributed by atoms with E-state index >= 15 is 0 Å². The summed E-state index contributed by atoms with van der Waals surface area (Å²) >= 11 is 0. The summed E-state index contributed by atoms with van der Waals surface area (Å²) in [7, 11) is 0. The molecule has 0 radical (unpaired) electrons. The Labute approximate surface area is 135 Å². The standard InChI is InChI=1S/C18H28N2.ClH/c1-14-5-7-17(8-6-14)18-10-15(2)20(13-18)12-16-4-3-9-19-11-16;/h5-8,15-16,18-19H,3-4,9-13H2,1-2H3;1H. The number of hydrogen-bond acceptors (Lipinski definition) is 2. The number of nitrogens with zero attached hydrogens (tertiary/aromatic N) is 1. The zero-order valence-electron chi connectivity index (χ0n) is 13.3. The lowest BCUT2D eigenvalue weighted by molar-refractivity contribution is 0.202. The van der Waals surface area contributed by atoms with Gasteiger partial charge >= 0.3 is 0 Å². The Morgan fingerprint density at radius 3 is 2.67 bits per heavy atom. The van der Waals surface area contributed by atoms with E-state index in [9.17, 15) is 0 Å². The SMILES string of the molecule is Cc1ccc(C2CC(C)N(CC3CCCNC3)C2)cc1.Cl. The van der Waals surface area contributed by atoms with Gasteiger partial charge in [-0.15, -0.1) is 12.4 Å². The number of rotatable bonds is 3. The third kappa shape index (κ3) is 4.21. The molecule has 0 aromatic heterocycles. The lowest BCUT2D eigenvalue weighted by Gasteiger charge is -2.29. The maximum atomic E-state index is 3.55. The fourth-order valence-corrected chi connectivity index (χ4v) is 3.84. The molecule has 3 unspecified atom stereocenters. The summed E-state index contributed by atoms with van der Waals surface area (Å²) in [6.07, 6.45) is 4.09. The molecule has 2 fully saturated rings. The van der Waals surface area contributed by atoms with Crippen LogP contribution in [0.3, 0.4) is 0 Å². The van der Waals surface area contributed by atoms with Crippen LogP contribution in [-0.2, 0) is 0 Å². The molecular formula is C18H29ClN2. The second-order valence-electron chi connectivity index (χ2n) is 6.86. The van der Waals surface area contributed by atoms with Crippen molar-refractivity contribution in [1.29, 1.82) is 0 Å². The van der Waals surface area contributed by atoms with Gasteiger partial charge in [-0.05, 0) is 63.6 Å². The third-order valence-electron chi connectivity index (χ3n) is 5.14. The molecule has 2 nitrogen and oxygen atoms in total. The predicted octanol–water partition coefficient (Wildman–Crippen LogP) is 3.59. The van der Waals surface area contributed by atoms with Gasteiger partial charge in [0.25, 0.3) is 0 Å². The summed E-state index contributed by atoms with van der Waals surface area (Å²) in [4.78, 5) is 2.72. The van der Waals surface area contributed by atoms with E-state index in [1.807, 2.05) is 0 Å². The van der Waals surface area contributed by atoms with Gasteiger partial charge in [0, 0.05) is 19.1 Å². The first kappa shape index (κ1) is 16.8. The molecule has 3 heteroatoms. The number of aryl methyl sites for hydroxylation is 1. The first-order chi connectivity index (χ1) is 9.72. The van der Waals surface area contributed by atoms with Gasteiger partial charge in [-0.25, -0.2) is 0 Å². The Kier molecular flexibility index (Phi) is 6.09.